The molecule has 3 atom stereocenters. The zero-order chi connectivity index (χ0) is 33.1. The Morgan fingerprint density at radius 1 is 0.870 bits per heavy atom. The lowest BCUT2D eigenvalue weighted by Crippen LogP contribution is -2.58. The molecule has 4 rings (SSSR count). The number of rotatable bonds is 13. The van der Waals surface area contributed by atoms with Gasteiger partial charge in [0.05, 0.1) is 19.7 Å². The van der Waals surface area contributed by atoms with Crippen LogP contribution in [0.15, 0.2) is 54.6 Å². The van der Waals surface area contributed by atoms with E-state index in [4.69, 9.17) is 9.47 Å². The lowest BCUT2D eigenvalue weighted by molar-refractivity contribution is -0.159. The number of likely N-dealkylation sites (tertiary alicyclic amines) is 1. The number of methoxy groups -OCH3 is 1. The third-order valence-corrected chi connectivity index (χ3v) is 8.87. The van der Waals surface area contributed by atoms with Crippen LogP contribution in [0.3, 0.4) is 0 Å². The van der Waals surface area contributed by atoms with Crippen LogP contribution in [0, 0.1) is 5.92 Å². The molecule has 1 saturated heterocycles. The summed E-state index contributed by atoms with van der Waals surface area (Å²) in [6, 6.07) is 14.3. The van der Waals surface area contributed by atoms with Crippen LogP contribution in [0.4, 0.5) is 0 Å². The van der Waals surface area contributed by atoms with Gasteiger partial charge in [-0.05, 0) is 70.2 Å². The molecule has 9 heteroatoms. The van der Waals surface area contributed by atoms with Gasteiger partial charge in [0.1, 0.15) is 23.4 Å². The molecule has 0 radical (unpaired) electrons. The Balaban J connectivity index is 1.51. The number of hydrogen-bond donors (Lipinski definition) is 2. The quantitative estimate of drug-likeness (QED) is 0.229. The molecule has 9 nitrogen and oxygen atoms in total. The molecule has 0 aromatic heterocycles. The molecule has 2 amide bonds. The van der Waals surface area contributed by atoms with Gasteiger partial charge >= 0.3 is 5.97 Å². The Bertz CT molecular complexity index is 1320. The van der Waals surface area contributed by atoms with E-state index in [0.29, 0.717) is 36.6 Å². The van der Waals surface area contributed by atoms with Gasteiger partial charge in [-0.25, -0.2) is 4.79 Å². The van der Waals surface area contributed by atoms with Crippen LogP contribution < -0.4 is 15.4 Å². The second-order valence-electron chi connectivity index (χ2n) is 13.7. The van der Waals surface area contributed by atoms with E-state index in [1.54, 1.807) is 31.4 Å². The molecular formula is C37H51N3O6. The van der Waals surface area contributed by atoms with Gasteiger partial charge in [0.15, 0.2) is 5.78 Å². The van der Waals surface area contributed by atoms with Crippen molar-refractivity contribution in [3.63, 3.8) is 0 Å². The molecule has 2 fully saturated rings. The van der Waals surface area contributed by atoms with Gasteiger partial charge in [-0.1, -0.05) is 81.0 Å². The van der Waals surface area contributed by atoms with Crippen LogP contribution >= 0.6 is 0 Å². The van der Waals surface area contributed by atoms with Crippen LogP contribution in [0.5, 0.6) is 5.75 Å². The molecule has 1 heterocycles. The number of carbonyl (C=O) groups excluding carboxylic acids is 4. The number of ether oxygens (including phenoxy) is 2. The highest BCUT2D eigenvalue weighted by molar-refractivity contribution is 5.98. The number of piperidine rings is 1. The highest BCUT2D eigenvalue weighted by Crippen LogP contribution is 2.28. The van der Waals surface area contributed by atoms with E-state index < -0.39 is 35.6 Å². The first-order valence-corrected chi connectivity index (χ1v) is 16.8. The summed E-state index contributed by atoms with van der Waals surface area (Å²) in [5, 5.41) is 6.00. The van der Waals surface area contributed by atoms with Crippen molar-refractivity contribution in [1.29, 1.82) is 0 Å². The predicted octanol–water partition coefficient (Wildman–Crippen LogP) is 5.26. The number of esters is 1. The maximum atomic E-state index is 14.0. The zero-order valence-corrected chi connectivity index (χ0v) is 27.9. The molecule has 250 valence electrons. The van der Waals surface area contributed by atoms with Gasteiger partial charge in [0, 0.05) is 12.0 Å². The van der Waals surface area contributed by atoms with Crippen LogP contribution in [0.1, 0.15) is 94.5 Å². The maximum absolute atomic E-state index is 14.0. The topological polar surface area (TPSA) is 114 Å². The summed E-state index contributed by atoms with van der Waals surface area (Å²) in [6.07, 6.45) is 8.54. The van der Waals surface area contributed by atoms with Gasteiger partial charge in [0.25, 0.3) is 0 Å². The first kappa shape index (κ1) is 35.1. The van der Waals surface area contributed by atoms with E-state index in [1.807, 2.05) is 56.0 Å². The van der Waals surface area contributed by atoms with Crippen molar-refractivity contribution < 1.29 is 28.7 Å². The molecular weight excluding hydrogens is 582 g/mol. The number of Topliss-reactive ketones (excluding diaryl/α,β-unsaturated/α-hetero) is 1. The van der Waals surface area contributed by atoms with Crippen molar-refractivity contribution in [2.45, 2.75) is 109 Å². The summed E-state index contributed by atoms with van der Waals surface area (Å²) < 4.78 is 11.0. The van der Waals surface area contributed by atoms with Crippen molar-refractivity contribution in [2.24, 2.45) is 5.92 Å². The number of amides is 2. The Hall–Kier alpha value is -3.72. The first-order chi connectivity index (χ1) is 22.0. The largest absolute Gasteiger partial charge is 0.497 e. The Morgan fingerprint density at radius 3 is 2.28 bits per heavy atom. The molecule has 0 bridgehead atoms. The lowest BCUT2D eigenvalue weighted by Gasteiger charge is -2.35. The summed E-state index contributed by atoms with van der Waals surface area (Å²) in [6.45, 7) is 6.14. The number of ketones is 1. The second-order valence-corrected chi connectivity index (χ2v) is 13.7. The summed E-state index contributed by atoms with van der Waals surface area (Å²) in [7, 11) is 1.56. The second kappa shape index (κ2) is 16.7. The lowest BCUT2D eigenvalue weighted by atomic mass is 9.84. The number of nitrogens with zero attached hydrogens (tertiary/aromatic N) is 1. The van der Waals surface area contributed by atoms with Gasteiger partial charge in [-0.15, -0.1) is 0 Å². The number of nitrogens with one attached hydrogen (secondary N) is 2. The molecule has 0 spiro atoms. The zero-order valence-electron chi connectivity index (χ0n) is 27.9. The summed E-state index contributed by atoms with van der Waals surface area (Å²) >= 11 is 0. The maximum Gasteiger partial charge on any atom is 0.329 e. The van der Waals surface area contributed by atoms with Crippen LogP contribution in [0.25, 0.3) is 0 Å². The first-order valence-electron chi connectivity index (χ1n) is 16.8. The van der Waals surface area contributed by atoms with Gasteiger partial charge < -0.3 is 20.1 Å². The monoisotopic (exact) mass is 633 g/mol. The number of hydrogen-bond acceptors (Lipinski definition) is 7. The van der Waals surface area contributed by atoms with Crippen molar-refractivity contribution in [3.05, 3.63) is 65.7 Å². The molecule has 1 aliphatic carbocycles. The third-order valence-electron chi connectivity index (χ3n) is 8.87. The van der Waals surface area contributed by atoms with Crippen molar-refractivity contribution in [1.82, 2.24) is 15.5 Å². The fraction of sp³-hybridized carbons (Fsp3) is 0.568. The van der Waals surface area contributed by atoms with E-state index in [-0.39, 0.29) is 24.7 Å². The minimum Gasteiger partial charge on any atom is -0.497 e. The Morgan fingerprint density at radius 2 is 1.59 bits per heavy atom. The molecule has 46 heavy (non-hydrogen) atoms. The van der Waals surface area contributed by atoms with Crippen molar-refractivity contribution >= 4 is 23.6 Å². The molecule has 2 N–H and O–H groups in total. The molecule has 1 saturated carbocycles. The number of benzene rings is 2. The standard InChI is InChI=1S/C37H51N3O6/c1-37(2,3)46-36(44)31(23-27-16-9-6-10-17-27)39-34(42)30(22-26-14-7-5-8-15-26)38-35(43)32-20-11-12-21-40(32)25-33(41)28-18-13-19-29(24-28)45-4/h5,7-8,13-15,18-19,24,27,30-32H,6,9-12,16-17,20-23,25H2,1-4H3,(H,38,43)(H,39,42)/t30-,31-,32-/m0/s1. The molecule has 1 aliphatic heterocycles. The highest BCUT2D eigenvalue weighted by Gasteiger charge is 2.35. The smallest absolute Gasteiger partial charge is 0.329 e. The van der Waals surface area contributed by atoms with Crippen molar-refractivity contribution in [2.75, 3.05) is 20.2 Å². The predicted molar refractivity (Wildman–Crippen MR) is 178 cm³/mol. The fourth-order valence-corrected chi connectivity index (χ4v) is 6.49. The third kappa shape index (κ3) is 10.7. The van der Waals surface area contributed by atoms with Gasteiger partial charge in [0.2, 0.25) is 11.8 Å². The van der Waals surface area contributed by atoms with Gasteiger partial charge in [-0.2, -0.15) is 0 Å². The average Bonchev–Trinajstić information content (AvgIpc) is 3.04. The molecule has 0 unspecified atom stereocenters. The normalized spacial score (nSPS) is 19.0. The minimum atomic E-state index is -0.913. The van der Waals surface area contributed by atoms with Crippen LogP contribution in [-0.4, -0.2) is 72.4 Å². The van der Waals surface area contributed by atoms with Crippen molar-refractivity contribution in [3.8, 4) is 5.75 Å². The SMILES string of the molecule is COc1cccc(C(=O)CN2CCCC[C@H]2C(=O)N[C@@H](Cc2ccccc2)C(=O)N[C@@H](CC2CCCCC2)C(=O)OC(C)(C)C)c1. The Kier molecular flexibility index (Phi) is 12.8. The Labute approximate surface area is 273 Å². The molecule has 2 aliphatic rings. The van der Waals surface area contributed by atoms with E-state index in [2.05, 4.69) is 10.6 Å². The van der Waals surface area contributed by atoms with E-state index >= 15 is 0 Å². The van der Waals surface area contributed by atoms with Crippen LogP contribution in [0.2, 0.25) is 0 Å². The molecule has 2 aromatic rings. The summed E-state index contributed by atoms with van der Waals surface area (Å²) in [5.41, 5.74) is 0.714. The fourth-order valence-electron chi connectivity index (χ4n) is 6.49. The summed E-state index contributed by atoms with van der Waals surface area (Å²) in [4.78, 5) is 56.4. The summed E-state index contributed by atoms with van der Waals surface area (Å²) in [5.74, 6) is -0.340. The average molecular weight is 634 g/mol. The minimum absolute atomic E-state index is 0.0862. The molecule has 2 aromatic carbocycles. The van der Waals surface area contributed by atoms with Gasteiger partial charge in [-0.3, -0.25) is 19.3 Å². The highest BCUT2D eigenvalue weighted by atomic mass is 16.6. The number of carbonyl (C=O) groups is 4. The van der Waals surface area contributed by atoms with E-state index in [1.165, 1.54) is 6.42 Å². The van der Waals surface area contributed by atoms with E-state index in [9.17, 15) is 19.2 Å². The van der Waals surface area contributed by atoms with Crippen LogP contribution in [-0.2, 0) is 25.5 Å². The van der Waals surface area contributed by atoms with E-state index in [0.717, 1.165) is 44.1 Å².